The molecular formula is C19H38N2O2. The molecule has 2 saturated heterocycles. The van der Waals surface area contributed by atoms with Gasteiger partial charge in [0, 0.05) is 22.2 Å². The highest BCUT2D eigenvalue weighted by molar-refractivity contribution is 4.98. The first-order valence-corrected chi connectivity index (χ1v) is 9.10. The molecule has 0 spiro atoms. The van der Waals surface area contributed by atoms with Crippen molar-refractivity contribution in [1.29, 1.82) is 0 Å². The number of nitrogens with one attached hydrogen (secondary N) is 2. The van der Waals surface area contributed by atoms with Gasteiger partial charge in [-0.05, 0) is 81.1 Å². The monoisotopic (exact) mass is 326 g/mol. The molecule has 0 radical (unpaired) electrons. The van der Waals surface area contributed by atoms with Crippen LogP contribution in [0.3, 0.4) is 0 Å². The summed E-state index contributed by atoms with van der Waals surface area (Å²) in [6, 6.07) is 0. The van der Waals surface area contributed by atoms with E-state index in [0.29, 0.717) is 6.79 Å². The lowest BCUT2D eigenvalue weighted by molar-refractivity contribution is -0.152. The van der Waals surface area contributed by atoms with Crippen molar-refractivity contribution >= 4 is 0 Å². The Balaban J connectivity index is 1.83. The molecule has 2 N–H and O–H groups in total. The Morgan fingerprint density at radius 1 is 0.609 bits per heavy atom. The minimum atomic E-state index is 0.116. The van der Waals surface area contributed by atoms with Gasteiger partial charge in [-0.25, -0.2) is 0 Å². The Bertz CT molecular complexity index is 346. The van der Waals surface area contributed by atoms with Crippen molar-refractivity contribution in [3.8, 4) is 0 Å². The summed E-state index contributed by atoms with van der Waals surface area (Å²) in [7, 11) is 0. The van der Waals surface area contributed by atoms with Crippen LogP contribution in [0.15, 0.2) is 0 Å². The molecule has 2 heterocycles. The molecule has 0 saturated carbocycles. The molecule has 2 fully saturated rings. The zero-order valence-electron chi connectivity index (χ0n) is 16.5. The summed E-state index contributed by atoms with van der Waals surface area (Å²) in [5.41, 5.74) is 0.465. The molecule has 0 unspecified atom stereocenters. The number of ether oxygens (including phenoxy) is 2. The average Bonchev–Trinajstić information content (AvgIpc) is 2.19. The molecule has 2 rings (SSSR count). The molecule has 0 amide bonds. The summed E-state index contributed by atoms with van der Waals surface area (Å²) in [4.78, 5) is 0. The Morgan fingerprint density at radius 2 is 0.870 bits per heavy atom. The lowest BCUT2D eigenvalue weighted by Gasteiger charge is -2.47. The Kier molecular flexibility index (Phi) is 5.24. The quantitative estimate of drug-likeness (QED) is 0.775. The van der Waals surface area contributed by atoms with E-state index >= 15 is 0 Å². The topological polar surface area (TPSA) is 42.5 Å². The Labute approximate surface area is 143 Å². The summed E-state index contributed by atoms with van der Waals surface area (Å²) in [6.45, 7) is 18.4. The van der Waals surface area contributed by atoms with Crippen LogP contribution in [0.5, 0.6) is 0 Å². The normalized spacial score (nSPS) is 30.3. The van der Waals surface area contributed by atoms with Crippen LogP contribution in [-0.2, 0) is 9.47 Å². The van der Waals surface area contributed by atoms with E-state index in [9.17, 15) is 0 Å². The van der Waals surface area contributed by atoms with Crippen molar-refractivity contribution in [2.24, 2.45) is 0 Å². The third kappa shape index (κ3) is 6.00. The van der Waals surface area contributed by atoms with Crippen LogP contribution in [0.25, 0.3) is 0 Å². The fourth-order valence-electron chi connectivity index (χ4n) is 4.92. The number of rotatable bonds is 4. The van der Waals surface area contributed by atoms with Crippen molar-refractivity contribution in [2.75, 3.05) is 6.79 Å². The second-order valence-corrected chi connectivity index (χ2v) is 10.3. The Hall–Kier alpha value is -0.160. The van der Waals surface area contributed by atoms with Gasteiger partial charge >= 0.3 is 0 Å². The van der Waals surface area contributed by atoms with Gasteiger partial charge in [-0.15, -0.1) is 0 Å². The van der Waals surface area contributed by atoms with Crippen LogP contribution in [0.1, 0.15) is 81.1 Å². The van der Waals surface area contributed by atoms with Crippen molar-refractivity contribution in [1.82, 2.24) is 10.6 Å². The summed E-state index contributed by atoms with van der Waals surface area (Å²) in [5.74, 6) is 0. The molecule has 0 aromatic heterocycles. The minimum Gasteiger partial charge on any atom is -0.352 e. The van der Waals surface area contributed by atoms with Crippen LogP contribution in [0, 0.1) is 0 Å². The maximum atomic E-state index is 6.11. The molecule has 2 aliphatic rings. The highest BCUT2D eigenvalue weighted by Crippen LogP contribution is 2.32. The van der Waals surface area contributed by atoms with Crippen LogP contribution in [0.4, 0.5) is 0 Å². The summed E-state index contributed by atoms with van der Waals surface area (Å²) >= 11 is 0. The predicted octanol–water partition coefficient (Wildman–Crippen LogP) is 3.60. The van der Waals surface area contributed by atoms with Crippen molar-refractivity contribution in [2.45, 2.75) is 115 Å². The molecule has 136 valence electrons. The molecular weight excluding hydrogens is 288 g/mol. The standard InChI is InChI=1S/C19H38N2O2/c1-16(2)9-14(10-17(3,4)20-16)22-13-23-15-11-18(5,6)21-19(7,8)12-15/h14-15,20-21H,9-13H2,1-8H3. The SMILES string of the molecule is CC1(C)CC(OCOC2CC(C)(C)NC(C)(C)C2)CC(C)(C)N1. The maximum absolute atomic E-state index is 6.11. The van der Waals surface area contributed by atoms with Gasteiger partial charge in [-0.2, -0.15) is 0 Å². The van der Waals surface area contributed by atoms with Gasteiger partial charge in [0.25, 0.3) is 0 Å². The van der Waals surface area contributed by atoms with E-state index in [1.54, 1.807) is 0 Å². The second-order valence-electron chi connectivity index (χ2n) is 10.3. The van der Waals surface area contributed by atoms with E-state index < -0.39 is 0 Å². The lowest BCUT2D eigenvalue weighted by atomic mass is 9.81. The largest absolute Gasteiger partial charge is 0.352 e. The first-order valence-electron chi connectivity index (χ1n) is 9.10. The van der Waals surface area contributed by atoms with Gasteiger partial charge < -0.3 is 20.1 Å². The van der Waals surface area contributed by atoms with Crippen LogP contribution >= 0.6 is 0 Å². The minimum absolute atomic E-state index is 0.116. The summed E-state index contributed by atoms with van der Waals surface area (Å²) in [5, 5.41) is 7.39. The molecule has 2 aliphatic heterocycles. The molecule has 4 heteroatoms. The molecule has 23 heavy (non-hydrogen) atoms. The van der Waals surface area contributed by atoms with Gasteiger partial charge in [0.1, 0.15) is 6.79 Å². The lowest BCUT2D eigenvalue weighted by Crippen LogP contribution is -2.60. The van der Waals surface area contributed by atoms with E-state index in [2.05, 4.69) is 66.0 Å². The Morgan fingerprint density at radius 3 is 1.13 bits per heavy atom. The highest BCUT2D eigenvalue weighted by Gasteiger charge is 2.40. The fourth-order valence-corrected chi connectivity index (χ4v) is 4.92. The first kappa shape index (κ1) is 19.2. The van der Waals surface area contributed by atoms with Gasteiger partial charge in [0.15, 0.2) is 0 Å². The van der Waals surface area contributed by atoms with E-state index in [1.165, 1.54) is 0 Å². The fraction of sp³-hybridized carbons (Fsp3) is 1.00. The first-order chi connectivity index (χ1) is 10.3. The van der Waals surface area contributed by atoms with E-state index in [0.717, 1.165) is 25.7 Å². The highest BCUT2D eigenvalue weighted by atomic mass is 16.7. The molecule has 0 aromatic carbocycles. The zero-order chi connectivity index (χ0) is 17.5. The van der Waals surface area contributed by atoms with Gasteiger partial charge in [-0.1, -0.05) is 0 Å². The molecule has 0 aromatic rings. The molecule has 0 aliphatic carbocycles. The third-order valence-electron chi connectivity index (χ3n) is 4.91. The van der Waals surface area contributed by atoms with Crippen molar-refractivity contribution in [3.05, 3.63) is 0 Å². The van der Waals surface area contributed by atoms with Crippen LogP contribution in [0.2, 0.25) is 0 Å². The molecule has 4 nitrogen and oxygen atoms in total. The van der Waals surface area contributed by atoms with E-state index in [1.807, 2.05) is 0 Å². The number of piperidine rings is 2. The number of hydrogen-bond donors (Lipinski definition) is 2. The van der Waals surface area contributed by atoms with Crippen molar-refractivity contribution < 1.29 is 9.47 Å². The van der Waals surface area contributed by atoms with E-state index in [4.69, 9.17) is 9.47 Å². The number of hydrogen-bond acceptors (Lipinski definition) is 4. The third-order valence-corrected chi connectivity index (χ3v) is 4.91. The van der Waals surface area contributed by atoms with Gasteiger partial charge in [0.05, 0.1) is 12.2 Å². The second kappa shape index (κ2) is 6.29. The maximum Gasteiger partial charge on any atom is 0.147 e. The predicted molar refractivity (Wildman–Crippen MR) is 95.7 cm³/mol. The van der Waals surface area contributed by atoms with Gasteiger partial charge in [-0.3, -0.25) is 0 Å². The average molecular weight is 327 g/mol. The zero-order valence-corrected chi connectivity index (χ0v) is 16.5. The smallest absolute Gasteiger partial charge is 0.147 e. The van der Waals surface area contributed by atoms with Crippen LogP contribution < -0.4 is 10.6 Å². The summed E-state index contributed by atoms with van der Waals surface area (Å²) < 4.78 is 12.2. The molecule has 0 atom stereocenters. The van der Waals surface area contributed by atoms with Gasteiger partial charge in [0.2, 0.25) is 0 Å². The van der Waals surface area contributed by atoms with E-state index in [-0.39, 0.29) is 34.4 Å². The summed E-state index contributed by atoms with van der Waals surface area (Å²) in [6.07, 6.45) is 4.66. The van der Waals surface area contributed by atoms with Crippen molar-refractivity contribution in [3.63, 3.8) is 0 Å². The molecule has 0 bridgehead atoms. The van der Waals surface area contributed by atoms with Crippen LogP contribution in [-0.4, -0.2) is 41.2 Å².